The Morgan fingerprint density at radius 2 is 1.83 bits per heavy atom. The van der Waals surface area contributed by atoms with Gasteiger partial charge in [0.2, 0.25) is 5.91 Å². The van der Waals surface area contributed by atoms with Crippen LogP contribution < -0.4 is 5.32 Å². The highest BCUT2D eigenvalue weighted by Crippen LogP contribution is 2.25. The Balaban J connectivity index is 1.91. The van der Waals surface area contributed by atoms with Crippen LogP contribution in [0.5, 0.6) is 0 Å². The molecule has 2 aromatic carbocycles. The van der Waals surface area contributed by atoms with E-state index in [-0.39, 0.29) is 24.2 Å². The van der Waals surface area contributed by atoms with Crippen molar-refractivity contribution in [3.05, 3.63) is 70.5 Å². The topological polar surface area (TPSA) is 32.3 Å². The van der Waals surface area contributed by atoms with Crippen molar-refractivity contribution >= 4 is 17.5 Å². The van der Waals surface area contributed by atoms with Crippen molar-refractivity contribution < 1.29 is 9.18 Å². The number of likely N-dealkylation sites (N-methyl/N-ethyl adjacent to an activating group) is 1. The van der Waals surface area contributed by atoms with E-state index in [0.29, 0.717) is 23.6 Å². The lowest BCUT2D eigenvalue weighted by atomic mass is 10.1. The number of hydrogen-bond donors (Lipinski definition) is 1. The third kappa shape index (κ3) is 5.05. The summed E-state index contributed by atoms with van der Waals surface area (Å²) in [6.45, 7) is 0.451. The van der Waals surface area contributed by atoms with Gasteiger partial charge in [-0.25, -0.2) is 4.39 Å². The Kier molecular flexibility index (Phi) is 6.76. The van der Waals surface area contributed by atoms with Crippen LogP contribution in [0.4, 0.5) is 4.39 Å². The van der Waals surface area contributed by atoms with Gasteiger partial charge in [0.15, 0.2) is 0 Å². The summed E-state index contributed by atoms with van der Waals surface area (Å²) in [5, 5.41) is 3.60. The number of amides is 1. The number of nitrogens with one attached hydrogen (secondary N) is 1. The Labute approximate surface area is 147 Å². The Morgan fingerprint density at radius 1 is 1.17 bits per heavy atom. The first-order valence-corrected chi connectivity index (χ1v) is 8.27. The number of halogens is 2. The van der Waals surface area contributed by atoms with E-state index in [2.05, 4.69) is 5.32 Å². The number of carbonyl (C=O) groups excluding carboxylic acids is 1. The van der Waals surface area contributed by atoms with Gasteiger partial charge in [-0.2, -0.15) is 0 Å². The van der Waals surface area contributed by atoms with Crippen LogP contribution in [0.15, 0.2) is 48.5 Å². The summed E-state index contributed by atoms with van der Waals surface area (Å²) in [5.41, 5.74) is 1.53. The molecule has 128 valence electrons. The standard InChI is InChI=1S/C19H22ClFN2O/c1-23(2)18(15-8-4-5-9-16(15)20)13-22-19(24)12-11-14-7-3-6-10-17(14)21/h3-10,18H,11-13H2,1-2H3,(H,22,24). The molecule has 0 spiro atoms. The van der Waals surface area contributed by atoms with Gasteiger partial charge in [-0.1, -0.05) is 48.0 Å². The van der Waals surface area contributed by atoms with Crippen molar-refractivity contribution in [2.45, 2.75) is 18.9 Å². The second kappa shape index (κ2) is 8.81. The van der Waals surface area contributed by atoms with E-state index < -0.39 is 0 Å². The molecule has 1 amide bonds. The second-order valence-corrected chi connectivity index (χ2v) is 6.30. The Morgan fingerprint density at radius 3 is 2.50 bits per heavy atom. The smallest absolute Gasteiger partial charge is 0.220 e. The lowest BCUT2D eigenvalue weighted by Gasteiger charge is -2.26. The molecule has 0 aliphatic heterocycles. The van der Waals surface area contributed by atoms with Crippen LogP contribution >= 0.6 is 11.6 Å². The molecule has 0 radical (unpaired) electrons. The normalized spacial score (nSPS) is 12.2. The third-order valence-corrected chi connectivity index (χ3v) is 4.30. The molecule has 2 aromatic rings. The van der Waals surface area contributed by atoms with Gasteiger partial charge in [0.1, 0.15) is 5.82 Å². The highest BCUT2D eigenvalue weighted by atomic mass is 35.5. The maximum atomic E-state index is 13.6. The summed E-state index contributed by atoms with van der Waals surface area (Å²) >= 11 is 6.26. The first-order valence-electron chi connectivity index (χ1n) is 7.90. The molecule has 0 saturated heterocycles. The predicted octanol–water partition coefficient (Wildman–Crippen LogP) is 3.83. The fourth-order valence-electron chi connectivity index (χ4n) is 2.56. The molecule has 2 rings (SSSR count). The molecule has 1 unspecified atom stereocenters. The molecule has 0 aromatic heterocycles. The Bertz CT molecular complexity index is 691. The van der Waals surface area contributed by atoms with Gasteiger partial charge in [-0.15, -0.1) is 0 Å². The monoisotopic (exact) mass is 348 g/mol. The summed E-state index contributed by atoms with van der Waals surface area (Å²) in [6.07, 6.45) is 0.640. The van der Waals surface area contributed by atoms with Crippen molar-refractivity contribution in [2.75, 3.05) is 20.6 Å². The molecule has 1 N–H and O–H groups in total. The number of benzene rings is 2. The van der Waals surface area contributed by atoms with E-state index in [4.69, 9.17) is 11.6 Å². The number of aryl methyl sites for hydroxylation is 1. The van der Waals surface area contributed by atoms with Crippen LogP contribution in [0.25, 0.3) is 0 Å². The number of nitrogens with zero attached hydrogens (tertiary/aromatic N) is 1. The molecular weight excluding hydrogens is 327 g/mol. The minimum absolute atomic E-state index is 0.0175. The Hall–Kier alpha value is -1.91. The van der Waals surface area contributed by atoms with Gasteiger partial charge in [-0.05, 0) is 43.8 Å². The molecular formula is C19H22ClFN2O. The van der Waals surface area contributed by atoms with Gasteiger partial charge >= 0.3 is 0 Å². The van der Waals surface area contributed by atoms with Gasteiger partial charge in [0, 0.05) is 18.0 Å². The minimum Gasteiger partial charge on any atom is -0.354 e. The largest absolute Gasteiger partial charge is 0.354 e. The van der Waals surface area contributed by atoms with Crippen molar-refractivity contribution in [3.8, 4) is 0 Å². The van der Waals surface area contributed by atoms with Crippen LogP contribution in [0.2, 0.25) is 5.02 Å². The fraction of sp³-hybridized carbons (Fsp3) is 0.316. The van der Waals surface area contributed by atoms with Crippen LogP contribution in [-0.2, 0) is 11.2 Å². The number of hydrogen-bond acceptors (Lipinski definition) is 2. The average molecular weight is 349 g/mol. The fourth-order valence-corrected chi connectivity index (χ4v) is 2.83. The zero-order valence-electron chi connectivity index (χ0n) is 13.9. The highest BCUT2D eigenvalue weighted by Gasteiger charge is 2.17. The molecule has 0 heterocycles. The maximum absolute atomic E-state index is 13.6. The molecule has 0 fully saturated rings. The van der Waals surface area contributed by atoms with Crippen molar-refractivity contribution in [1.29, 1.82) is 0 Å². The van der Waals surface area contributed by atoms with Crippen LogP contribution in [0.3, 0.4) is 0 Å². The third-order valence-electron chi connectivity index (χ3n) is 3.96. The first kappa shape index (κ1) is 18.4. The molecule has 0 saturated carbocycles. The molecule has 0 aliphatic rings. The minimum atomic E-state index is -0.271. The summed E-state index contributed by atoms with van der Waals surface area (Å²) in [7, 11) is 3.89. The van der Waals surface area contributed by atoms with Gasteiger partial charge in [-0.3, -0.25) is 4.79 Å². The van der Waals surface area contributed by atoms with Crippen molar-refractivity contribution in [1.82, 2.24) is 10.2 Å². The lowest BCUT2D eigenvalue weighted by Crippen LogP contribution is -2.34. The van der Waals surface area contributed by atoms with Crippen LogP contribution in [0.1, 0.15) is 23.6 Å². The zero-order chi connectivity index (χ0) is 17.5. The first-order chi connectivity index (χ1) is 11.5. The van der Waals surface area contributed by atoms with E-state index in [0.717, 1.165) is 5.56 Å². The van der Waals surface area contributed by atoms with E-state index in [1.807, 2.05) is 43.3 Å². The summed E-state index contributed by atoms with van der Waals surface area (Å²) in [5.74, 6) is -0.371. The lowest BCUT2D eigenvalue weighted by molar-refractivity contribution is -0.121. The molecule has 24 heavy (non-hydrogen) atoms. The van der Waals surface area contributed by atoms with E-state index >= 15 is 0 Å². The van der Waals surface area contributed by atoms with Crippen molar-refractivity contribution in [2.24, 2.45) is 0 Å². The second-order valence-electron chi connectivity index (χ2n) is 5.90. The van der Waals surface area contributed by atoms with E-state index in [9.17, 15) is 9.18 Å². The molecule has 0 bridgehead atoms. The predicted molar refractivity (Wildman–Crippen MR) is 95.6 cm³/mol. The summed E-state index contributed by atoms with van der Waals surface area (Å²) in [6, 6.07) is 14.1. The summed E-state index contributed by atoms with van der Waals surface area (Å²) < 4.78 is 13.6. The van der Waals surface area contributed by atoms with Crippen LogP contribution in [0, 0.1) is 5.82 Å². The molecule has 1 atom stereocenters. The number of carbonyl (C=O) groups is 1. The molecule has 0 aliphatic carbocycles. The van der Waals surface area contributed by atoms with Gasteiger partial charge in [0.25, 0.3) is 0 Å². The zero-order valence-corrected chi connectivity index (χ0v) is 14.7. The average Bonchev–Trinajstić information content (AvgIpc) is 2.55. The summed E-state index contributed by atoms with van der Waals surface area (Å²) in [4.78, 5) is 14.1. The number of rotatable bonds is 7. The van der Waals surface area contributed by atoms with Gasteiger partial charge in [0.05, 0.1) is 6.04 Å². The molecule has 3 nitrogen and oxygen atoms in total. The van der Waals surface area contributed by atoms with Gasteiger partial charge < -0.3 is 10.2 Å². The quantitative estimate of drug-likeness (QED) is 0.824. The van der Waals surface area contributed by atoms with E-state index in [1.165, 1.54) is 6.07 Å². The molecule has 5 heteroatoms. The highest BCUT2D eigenvalue weighted by molar-refractivity contribution is 6.31. The van der Waals surface area contributed by atoms with E-state index in [1.54, 1.807) is 18.2 Å². The SMILES string of the molecule is CN(C)C(CNC(=O)CCc1ccccc1F)c1ccccc1Cl. The van der Waals surface area contributed by atoms with Crippen LogP contribution in [-0.4, -0.2) is 31.4 Å². The van der Waals surface area contributed by atoms with Crippen molar-refractivity contribution in [3.63, 3.8) is 0 Å². The maximum Gasteiger partial charge on any atom is 0.220 e.